The number of carboxylic acid groups (broad SMARTS) is 2. The van der Waals surface area contributed by atoms with Crippen molar-refractivity contribution in [3.8, 4) is 0 Å². The van der Waals surface area contributed by atoms with E-state index in [-0.39, 0.29) is 29.3 Å². The summed E-state index contributed by atoms with van der Waals surface area (Å²) >= 11 is 11.9. The van der Waals surface area contributed by atoms with Gasteiger partial charge in [0.2, 0.25) is 0 Å². The maximum atomic E-state index is 11.1. The third-order valence-corrected chi connectivity index (χ3v) is 3.93. The molecule has 5 nitrogen and oxygen atoms in total. The number of rotatable bonds is 8. The summed E-state index contributed by atoms with van der Waals surface area (Å²) in [5.41, 5.74) is 4.22. The van der Waals surface area contributed by atoms with Gasteiger partial charge >= 0.3 is 11.9 Å². The number of halogens is 2. The van der Waals surface area contributed by atoms with Gasteiger partial charge in [0.25, 0.3) is 0 Å². The van der Waals surface area contributed by atoms with Crippen molar-refractivity contribution < 1.29 is 19.8 Å². The van der Waals surface area contributed by atoms with E-state index in [0.717, 1.165) is 0 Å². The first-order valence-electron chi connectivity index (χ1n) is 5.96. The second-order valence-electron chi connectivity index (χ2n) is 4.45. The first-order valence-corrected chi connectivity index (χ1v) is 6.71. The zero-order valence-electron chi connectivity index (χ0n) is 10.9. The molecule has 0 heterocycles. The van der Waals surface area contributed by atoms with Crippen molar-refractivity contribution in [2.75, 3.05) is 0 Å². The Morgan fingerprint density at radius 2 is 1.74 bits per heavy atom. The highest BCUT2D eigenvalue weighted by Gasteiger charge is 2.33. The van der Waals surface area contributed by atoms with Gasteiger partial charge in [0.05, 0.1) is 5.92 Å². The number of carboxylic acids is 2. The van der Waals surface area contributed by atoms with Gasteiger partial charge in [0.15, 0.2) is 0 Å². The van der Waals surface area contributed by atoms with Crippen molar-refractivity contribution in [1.82, 2.24) is 0 Å². The summed E-state index contributed by atoms with van der Waals surface area (Å²) in [5, 5.41) is 18.2. The summed E-state index contributed by atoms with van der Waals surface area (Å²) in [5.74, 6) is -2.76. The Hall–Kier alpha value is -0.780. The maximum Gasteiger partial charge on any atom is 0.324 e. The van der Waals surface area contributed by atoms with E-state index in [0.29, 0.717) is 6.42 Å². The summed E-state index contributed by atoms with van der Waals surface area (Å²) in [7, 11) is 0. The molecule has 0 aliphatic carbocycles. The van der Waals surface area contributed by atoms with Crippen LogP contribution >= 0.6 is 23.2 Å². The standard InChI is InChI=1S/C12H19Cl2NO4/c1-3-7(10(16)17)5-8(13)9(14)6-12(15,4-2)11(18)19/h7H,3-6,15H2,1-2H3,(H,16,17)(H,18,19). The number of carbonyl (C=O) groups is 2. The maximum absolute atomic E-state index is 11.1. The Labute approximate surface area is 122 Å². The molecule has 2 atom stereocenters. The van der Waals surface area contributed by atoms with Gasteiger partial charge in [-0.2, -0.15) is 0 Å². The number of nitrogens with two attached hydrogens (primary N) is 1. The van der Waals surface area contributed by atoms with Crippen LogP contribution < -0.4 is 5.73 Å². The number of allylic oxidation sites excluding steroid dienone is 1. The molecule has 0 spiro atoms. The van der Waals surface area contributed by atoms with E-state index < -0.39 is 23.4 Å². The fourth-order valence-corrected chi connectivity index (χ4v) is 2.03. The largest absolute Gasteiger partial charge is 0.481 e. The van der Waals surface area contributed by atoms with Gasteiger partial charge in [-0.05, 0) is 19.3 Å². The van der Waals surface area contributed by atoms with E-state index >= 15 is 0 Å². The highest BCUT2D eigenvalue weighted by Crippen LogP contribution is 2.30. The molecule has 0 aromatic carbocycles. The molecule has 7 heteroatoms. The molecule has 0 fully saturated rings. The highest BCUT2D eigenvalue weighted by atomic mass is 35.5. The van der Waals surface area contributed by atoms with E-state index in [4.69, 9.17) is 39.1 Å². The Bertz CT molecular complexity index is 384. The second-order valence-corrected chi connectivity index (χ2v) is 5.36. The predicted octanol–water partition coefficient (Wildman–Crippen LogP) is 2.76. The van der Waals surface area contributed by atoms with Crippen LogP contribution in [-0.2, 0) is 9.59 Å². The summed E-state index contributed by atoms with van der Waals surface area (Å²) in [4.78, 5) is 21.9. The molecular formula is C12H19Cl2NO4. The molecule has 0 radical (unpaired) electrons. The molecule has 19 heavy (non-hydrogen) atoms. The summed E-state index contributed by atoms with van der Waals surface area (Å²) in [6.45, 7) is 3.37. The van der Waals surface area contributed by atoms with Crippen molar-refractivity contribution in [2.45, 2.75) is 45.1 Å². The van der Waals surface area contributed by atoms with Gasteiger partial charge in [-0.3, -0.25) is 9.59 Å². The molecule has 0 rings (SSSR count). The minimum atomic E-state index is -1.48. The second kappa shape index (κ2) is 7.72. The van der Waals surface area contributed by atoms with E-state index in [2.05, 4.69) is 0 Å². The summed E-state index contributed by atoms with van der Waals surface area (Å²) in [6, 6.07) is 0. The third kappa shape index (κ3) is 5.38. The Morgan fingerprint density at radius 1 is 1.21 bits per heavy atom. The van der Waals surface area contributed by atoms with E-state index in [9.17, 15) is 9.59 Å². The molecule has 0 aromatic rings. The van der Waals surface area contributed by atoms with Crippen molar-refractivity contribution in [2.24, 2.45) is 11.7 Å². The Balaban J connectivity index is 4.95. The molecule has 2 unspecified atom stereocenters. The van der Waals surface area contributed by atoms with Gasteiger partial charge in [-0.1, -0.05) is 37.0 Å². The van der Waals surface area contributed by atoms with Gasteiger partial charge in [0, 0.05) is 16.5 Å². The van der Waals surface area contributed by atoms with Gasteiger partial charge in [-0.15, -0.1) is 0 Å². The predicted molar refractivity (Wildman–Crippen MR) is 74.2 cm³/mol. The Kier molecular flexibility index (Phi) is 7.41. The molecule has 0 aliphatic heterocycles. The molecule has 0 saturated heterocycles. The summed E-state index contributed by atoms with van der Waals surface area (Å²) < 4.78 is 0. The van der Waals surface area contributed by atoms with Crippen LogP contribution in [0.1, 0.15) is 39.5 Å². The lowest BCUT2D eigenvalue weighted by atomic mass is 9.92. The molecule has 0 saturated carbocycles. The lowest BCUT2D eigenvalue weighted by molar-refractivity contribution is -0.143. The minimum absolute atomic E-state index is 0.0750. The molecule has 0 aromatic heterocycles. The topological polar surface area (TPSA) is 101 Å². The molecular weight excluding hydrogens is 293 g/mol. The van der Waals surface area contributed by atoms with Gasteiger partial charge in [-0.25, -0.2) is 0 Å². The molecule has 0 bridgehead atoms. The van der Waals surface area contributed by atoms with Crippen LogP contribution in [-0.4, -0.2) is 27.7 Å². The lowest BCUT2D eigenvalue weighted by Gasteiger charge is -2.23. The molecule has 0 aliphatic rings. The molecule has 4 N–H and O–H groups in total. The summed E-state index contributed by atoms with van der Waals surface area (Å²) in [6.07, 6.45) is 0.565. The fourth-order valence-electron chi connectivity index (χ4n) is 1.46. The third-order valence-electron chi connectivity index (χ3n) is 3.09. The highest BCUT2D eigenvalue weighted by molar-refractivity contribution is 6.39. The molecule has 110 valence electrons. The first-order chi connectivity index (χ1) is 8.67. The monoisotopic (exact) mass is 311 g/mol. The zero-order chi connectivity index (χ0) is 15.2. The van der Waals surface area contributed by atoms with Gasteiger partial charge < -0.3 is 15.9 Å². The average Bonchev–Trinajstić information content (AvgIpc) is 2.34. The number of aliphatic carboxylic acids is 2. The SMILES string of the molecule is CCC(CC(Cl)=C(Cl)CC(N)(CC)C(=O)O)C(=O)O. The fraction of sp³-hybridized carbons (Fsp3) is 0.667. The number of hydrogen-bond acceptors (Lipinski definition) is 3. The normalized spacial score (nSPS) is 17.3. The van der Waals surface area contributed by atoms with Crippen LogP contribution in [0.25, 0.3) is 0 Å². The Morgan fingerprint density at radius 3 is 2.05 bits per heavy atom. The van der Waals surface area contributed by atoms with Gasteiger partial charge in [0.1, 0.15) is 5.54 Å². The van der Waals surface area contributed by atoms with E-state index in [1.54, 1.807) is 13.8 Å². The van der Waals surface area contributed by atoms with Crippen LogP contribution in [0.15, 0.2) is 10.1 Å². The quantitative estimate of drug-likeness (QED) is 0.640. The zero-order valence-corrected chi connectivity index (χ0v) is 12.5. The van der Waals surface area contributed by atoms with E-state index in [1.807, 2.05) is 0 Å². The lowest BCUT2D eigenvalue weighted by Crippen LogP contribution is -2.47. The van der Waals surface area contributed by atoms with Crippen molar-refractivity contribution in [3.63, 3.8) is 0 Å². The van der Waals surface area contributed by atoms with Crippen molar-refractivity contribution in [3.05, 3.63) is 10.1 Å². The van der Waals surface area contributed by atoms with Crippen LogP contribution in [0.3, 0.4) is 0 Å². The number of hydrogen-bond donors (Lipinski definition) is 3. The van der Waals surface area contributed by atoms with Crippen LogP contribution in [0.5, 0.6) is 0 Å². The van der Waals surface area contributed by atoms with Crippen molar-refractivity contribution in [1.29, 1.82) is 0 Å². The first kappa shape index (κ1) is 18.2. The van der Waals surface area contributed by atoms with Crippen LogP contribution in [0.2, 0.25) is 0 Å². The van der Waals surface area contributed by atoms with E-state index in [1.165, 1.54) is 0 Å². The van der Waals surface area contributed by atoms with Crippen LogP contribution in [0.4, 0.5) is 0 Å². The van der Waals surface area contributed by atoms with Crippen LogP contribution in [0, 0.1) is 5.92 Å². The average molecular weight is 312 g/mol. The van der Waals surface area contributed by atoms with Crippen molar-refractivity contribution >= 4 is 35.1 Å². The minimum Gasteiger partial charge on any atom is -0.481 e. The molecule has 0 amide bonds. The smallest absolute Gasteiger partial charge is 0.324 e.